The first kappa shape index (κ1) is 18.7. The van der Waals surface area contributed by atoms with Crippen LogP contribution in [0.5, 0.6) is 0 Å². The summed E-state index contributed by atoms with van der Waals surface area (Å²) in [4.78, 5) is 15.7. The molecule has 0 saturated heterocycles. The van der Waals surface area contributed by atoms with Crippen LogP contribution in [0.4, 0.5) is 22.0 Å². The zero-order valence-corrected chi connectivity index (χ0v) is 14.4. The highest BCUT2D eigenvalue weighted by Gasteiger charge is 2.34. The van der Waals surface area contributed by atoms with Crippen molar-refractivity contribution >= 4 is 0 Å². The van der Waals surface area contributed by atoms with E-state index in [4.69, 9.17) is 0 Å². The van der Waals surface area contributed by atoms with Gasteiger partial charge in [-0.2, -0.15) is 13.2 Å². The second kappa shape index (κ2) is 7.04. The van der Waals surface area contributed by atoms with Crippen molar-refractivity contribution in [2.24, 2.45) is 0 Å². The number of imidazole rings is 1. The topological polar surface area (TPSA) is 56.5 Å². The summed E-state index contributed by atoms with van der Waals surface area (Å²) in [6.07, 6.45) is 1.06. The average Bonchev–Trinajstić information content (AvgIpc) is 3.20. The fraction of sp³-hybridized carbons (Fsp3) is 0.0526. The minimum atomic E-state index is -4.77. The highest BCUT2D eigenvalue weighted by Crippen LogP contribution is 2.31. The number of aromatic nitrogens is 5. The third-order valence-electron chi connectivity index (χ3n) is 3.99. The summed E-state index contributed by atoms with van der Waals surface area (Å²) in [6, 6.07) is 6.83. The minimum absolute atomic E-state index is 0.0225. The SMILES string of the molecule is Fc1ccc(-c2cc(C(F)(F)F)nc(-n3cnc(-c4cccnc4)c3)n2)cc1F. The Bertz CT molecular complexity index is 1170. The van der Waals surface area contributed by atoms with Crippen molar-refractivity contribution in [2.45, 2.75) is 6.18 Å². The number of rotatable bonds is 3. The Morgan fingerprint density at radius 1 is 0.862 bits per heavy atom. The Kier molecular flexibility index (Phi) is 4.53. The highest BCUT2D eigenvalue weighted by molar-refractivity contribution is 5.61. The first-order chi connectivity index (χ1) is 13.8. The Morgan fingerprint density at radius 3 is 2.38 bits per heavy atom. The van der Waals surface area contributed by atoms with E-state index in [0.717, 1.165) is 18.2 Å². The lowest BCUT2D eigenvalue weighted by Crippen LogP contribution is -2.12. The number of hydrogen-bond acceptors (Lipinski definition) is 4. The van der Waals surface area contributed by atoms with E-state index in [1.165, 1.54) is 17.1 Å². The summed E-state index contributed by atoms with van der Waals surface area (Å²) in [7, 11) is 0. The molecule has 0 N–H and O–H groups in total. The van der Waals surface area contributed by atoms with Crippen LogP contribution in [-0.4, -0.2) is 24.5 Å². The molecule has 0 saturated carbocycles. The molecule has 0 unspecified atom stereocenters. The Labute approximate surface area is 160 Å². The van der Waals surface area contributed by atoms with E-state index in [0.29, 0.717) is 17.3 Å². The van der Waals surface area contributed by atoms with Crippen LogP contribution >= 0.6 is 0 Å². The lowest BCUT2D eigenvalue weighted by molar-refractivity contribution is -0.141. The molecule has 3 aromatic heterocycles. The number of pyridine rings is 1. The molecule has 0 fully saturated rings. The Hall–Kier alpha value is -3.69. The van der Waals surface area contributed by atoms with Gasteiger partial charge in [-0.1, -0.05) is 0 Å². The molecule has 5 nitrogen and oxygen atoms in total. The molecular formula is C19H10F5N5. The molecule has 10 heteroatoms. The first-order valence-electron chi connectivity index (χ1n) is 8.18. The number of nitrogens with zero attached hydrogens (tertiary/aromatic N) is 5. The Morgan fingerprint density at radius 2 is 1.69 bits per heavy atom. The quantitative estimate of drug-likeness (QED) is 0.466. The van der Waals surface area contributed by atoms with Crippen LogP contribution in [0.1, 0.15) is 5.69 Å². The average molecular weight is 403 g/mol. The van der Waals surface area contributed by atoms with Crippen LogP contribution in [0.15, 0.2) is 61.3 Å². The summed E-state index contributed by atoms with van der Waals surface area (Å²) < 4.78 is 68.0. The number of benzene rings is 1. The fourth-order valence-corrected chi connectivity index (χ4v) is 2.59. The van der Waals surface area contributed by atoms with Crippen LogP contribution in [0.3, 0.4) is 0 Å². The summed E-state index contributed by atoms with van der Waals surface area (Å²) in [5.74, 6) is -2.63. The molecule has 0 amide bonds. The fourth-order valence-electron chi connectivity index (χ4n) is 2.59. The van der Waals surface area contributed by atoms with E-state index in [2.05, 4.69) is 19.9 Å². The third-order valence-corrected chi connectivity index (χ3v) is 3.99. The molecule has 146 valence electrons. The summed E-state index contributed by atoms with van der Waals surface area (Å²) in [6.45, 7) is 0. The van der Waals surface area contributed by atoms with Crippen LogP contribution in [-0.2, 0) is 6.18 Å². The highest BCUT2D eigenvalue weighted by atomic mass is 19.4. The van der Waals surface area contributed by atoms with Gasteiger partial charge in [-0.3, -0.25) is 9.55 Å². The van der Waals surface area contributed by atoms with Gasteiger partial charge in [0, 0.05) is 29.7 Å². The first-order valence-corrected chi connectivity index (χ1v) is 8.18. The van der Waals surface area contributed by atoms with Gasteiger partial charge < -0.3 is 0 Å². The predicted molar refractivity (Wildman–Crippen MR) is 92.7 cm³/mol. The van der Waals surface area contributed by atoms with E-state index in [-0.39, 0.29) is 17.2 Å². The second-order valence-electron chi connectivity index (χ2n) is 5.97. The van der Waals surface area contributed by atoms with Crippen LogP contribution in [0, 0.1) is 11.6 Å². The van der Waals surface area contributed by atoms with Crippen molar-refractivity contribution in [3.63, 3.8) is 0 Å². The van der Waals surface area contributed by atoms with E-state index in [1.54, 1.807) is 24.5 Å². The molecule has 4 rings (SSSR count). The normalized spacial score (nSPS) is 11.6. The molecule has 0 aliphatic rings. The molecule has 0 spiro atoms. The Balaban J connectivity index is 1.83. The summed E-state index contributed by atoms with van der Waals surface area (Å²) >= 11 is 0. The van der Waals surface area contributed by atoms with Gasteiger partial charge in [-0.05, 0) is 36.4 Å². The second-order valence-corrected chi connectivity index (χ2v) is 5.97. The maximum Gasteiger partial charge on any atom is 0.433 e. The maximum atomic E-state index is 13.6. The van der Waals surface area contributed by atoms with E-state index < -0.39 is 23.5 Å². The van der Waals surface area contributed by atoms with Crippen molar-refractivity contribution in [1.82, 2.24) is 24.5 Å². The van der Waals surface area contributed by atoms with E-state index in [9.17, 15) is 22.0 Å². The number of hydrogen-bond donors (Lipinski definition) is 0. The van der Waals surface area contributed by atoms with Crippen LogP contribution in [0.2, 0.25) is 0 Å². The minimum Gasteiger partial charge on any atom is -0.274 e. The molecule has 3 heterocycles. The largest absolute Gasteiger partial charge is 0.433 e. The van der Waals surface area contributed by atoms with Crippen molar-refractivity contribution < 1.29 is 22.0 Å². The van der Waals surface area contributed by atoms with Gasteiger partial charge in [0.05, 0.1) is 11.4 Å². The van der Waals surface area contributed by atoms with Gasteiger partial charge in [0.2, 0.25) is 5.95 Å². The van der Waals surface area contributed by atoms with Gasteiger partial charge >= 0.3 is 6.18 Å². The molecule has 0 radical (unpaired) electrons. The maximum absolute atomic E-state index is 13.6. The van der Waals surface area contributed by atoms with Crippen molar-refractivity contribution in [3.05, 3.63) is 78.6 Å². The molecule has 0 bridgehead atoms. The van der Waals surface area contributed by atoms with Crippen LogP contribution in [0.25, 0.3) is 28.5 Å². The number of halogens is 5. The van der Waals surface area contributed by atoms with Crippen molar-refractivity contribution in [2.75, 3.05) is 0 Å². The third kappa shape index (κ3) is 3.82. The molecule has 0 atom stereocenters. The molecule has 29 heavy (non-hydrogen) atoms. The van der Waals surface area contributed by atoms with Gasteiger partial charge in [0.1, 0.15) is 6.33 Å². The van der Waals surface area contributed by atoms with E-state index in [1.807, 2.05) is 0 Å². The number of alkyl halides is 3. The zero-order valence-electron chi connectivity index (χ0n) is 14.4. The standard InChI is InChI=1S/C19H10F5N5/c20-13-4-3-11(6-14(13)21)15-7-17(19(22,23)24)28-18(27-15)29-9-16(26-10-29)12-2-1-5-25-8-12/h1-10H. The van der Waals surface area contributed by atoms with Gasteiger partial charge in [0.25, 0.3) is 0 Å². The molecule has 1 aromatic carbocycles. The monoisotopic (exact) mass is 403 g/mol. The van der Waals surface area contributed by atoms with Crippen molar-refractivity contribution in [3.8, 4) is 28.5 Å². The molecule has 0 aliphatic heterocycles. The molecule has 4 aromatic rings. The lowest BCUT2D eigenvalue weighted by Gasteiger charge is -2.11. The molecule has 0 aliphatic carbocycles. The molecular weight excluding hydrogens is 393 g/mol. The zero-order chi connectivity index (χ0) is 20.6. The summed E-state index contributed by atoms with van der Waals surface area (Å²) in [5, 5.41) is 0. The van der Waals surface area contributed by atoms with Gasteiger partial charge in [-0.15, -0.1) is 0 Å². The lowest BCUT2D eigenvalue weighted by atomic mass is 10.1. The van der Waals surface area contributed by atoms with Crippen LogP contribution < -0.4 is 0 Å². The predicted octanol–water partition coefficient (Wildman–Crippen LogP) is 4.69. The summed E-state index contributed by atoms with van der Waals surface area (Å²) in [5.41, 5.74) is -0.352. The van der Waals surface area contributed by atoms with Crippen molar-refractivity contribution in [1.29, 1.82) is 0 Å². The van der Waals surface area contributed by atoms with E-state index >= 15 is 0 Å². The van der Waals surface area contributed by atoms with Gasteiger partial charge in [0.15, 0.2) is 17.3 Å². The van der Waals surface area contributed by atoms with Gasteiger partial charge in [-0.25, -0.2) is 23.7 Å². The smallest absolute Gasteiger partial charge is 0.274 e.